The van der Waals surface area contributed by atoms with E-state index in [4.69, 9.17) is 4.74 Å². The number of hydrogen-bond donors (Lipinski definition) is 2. The quantitative estimate of drug-likeness (QED) is 0.464. The van der Waals surface area contributed by atoms with Crippen LogP contribution in [0.4, 0.5) is 0 Å². The third kappa shape index (κ3) is 3.60. The van der Waals surface area contributed by atoms with Crippen LogP contribution >= 0.6 is 0 Å². The smallest absolute Gasteiger partial charge is 0.142 e. The Bertz CT molecular complexity index is 1120. The van der Waals surface area contributed by atoms with Gasteiger partial charge in [-0.3, -0.25) is 4.79 Å². The van der Waals surface area contributed by atoms with Crippen molar-refractivity contribution in [3.63, 3.8) is 0 Å². The molecule has 2 aromatic carbocycles. The second-order valence-corrected chi connectivity index (χ2v) is 11.2. The zero-order valence-corrected chi connectivity index (χ0v) is 21.0. The van der Waals surface area contributed by atoms with Crippen molar-refractivity contribution in [1.82, 2.24) is 0 Å². The molecule has 2 bridgehead atoms. The van der Waals surface area contributed by atoms with E-state index in [1.165, 1.54) is 12.8 Å². The van der Waals surface area contributed by atoms with E-state index in [1.807, 2.05) is 24.3 Å². The normalized spacial score (nSPS) is 32.4. The van der Waals surface area contributed by atoms with Crippen molar-refractivity contribution >= 4 is 5.78 Å². The van der Waals surface area contributed by atoms with E-state index in [2.05, 4.69) is 25.6 Å². The van der Waals surface area contributed by atoms with Gasteiger partial charge in [0.05, 0.1) is 11.5 Å². The molecule has 0 amide bonds. The summed E-state index contributed by atoms with van der Waals surface area (Å²) in [6, 6.07) is 15.5. The van der Waals surface area contributed by atoms with Crippen molar-refractivity contribution in [2.45, 2.75) is 58.0 Å². The van der Waals surface area contributed by atoms with Crippen LogP contribution in [-0.4, -0.2) is 35.8 Å². The van der Waals surface area contributed by atoms with Crippen molar-refractivity contribution in [2.75, 3.05) is 13.7 Å². The maximum Gasteiger partial charge on any atom is 0.142 e. The number of fused-ring (bicyclic) bond motifs is 2. The van der Waals surface area contributed by atoms with E-state index in [9.17, 15) is 15.0 Å². The predicted octanol–water partition coefficient (Wildman–Crippen LogP) is 5.96. The molecule has 35 heavy (non-hydrogen) atoms. The van der Waals surface area contributed by atoms with Crippen LogP contribution in [0.1, 0.15) is 51.0 Å². The number of ether oxygens (including phenoxy) is 1. The topological polar surface area (TPSA) is 66.8 Å². The molecule has 0 aliphatic heterocycles. The fourth-order valence-corrected chi connectivity index (χ4v) is 8.11. The first-order valence-electron chi connectivity index (χ1n) is 13.1. The molecule has 186 valence electrons. The molecule has 0 radical (unpaired) electrons. The fraction of sp³-hybridized carbons (Fsp3) is 0.516. The lowest BCUT2D eigenvalue weighted by Crippen LogP contribution is -2.52. The number of carbonyl (C=O) groups excluding carboxylic acids is 1. The first kappa shape index (κ1) is 24.3. The average molecular weight is 475 g/mol. The lowest BCUT2D eigenvalue weighted by Gasteiger charge is -2.50. The first-order chi connectivity index (χ1) is 16.9. The molecule has 0 aromatic heterocycles. The summed E-state index contributed by atoms with van der Waals surface area (Å²) in [6.07, 6.45) is 6.31. The van der Waals surface area contributed by atoms with Gasteiger partial charge in [-0.2, -0.15) is 0 Å². The largest absolute Gasteiger partial charge is 0.508 e. The monoisotopic (exact) mass is 474 g/mol. The summed E-state index contributed by atoms with van der Waals surface area (Å²) in [6.45, 7) is 6.92. The number of aliphatic hydroxyl groups is 1. The minimum atomic E-state index is -0.616. The van der Waals surface area contributed by atoms with Crippen molar-refractivity contribution in [3.05, 3.63) is 66.2 Å². The zero-order chi connectivity index (χ0) is 24.8. The molecule has 4 heteroatoms. The number of rotatable bonds is 8. The minimum Gasteiger partial charge on any atom is -0.508 e. The lowest BCUT2D eigenvalue weighted by atomic mass is 9.52. The average Bonchev–Trinajstić information content (AvgIpc) is 3.57. The SMILES string of the molecule is C=C1[C@@H]2[C@@H](CO)C[C@](C(=O)CCc3cccc(-c4cccc(O)c4)c3)([C@H]2OC)[C@@]1(C)C1CCCC1. The number of ketones is 1. The Kier molecular flexibility index (Phi) is 6.39. The second-order valence-electron chi connectivity index (χ2n) is 11.2. The van der Waals surface area contributed by atoms with Gasteiger partial charge in [-0.25, -0.2) is 0 Å². The number of hydrogen-bond acceptors (Lipinski definition) is 4. The Morgan fingerprint density at radius 2 is 1.80 bits per heavy atom. The molecule has 0 unspecified atom stereocenters. The Labute approximate surface area is 209 Å². The molecule has 3 saturated carbocycles. The van der Waals surface area contributed by atoms with E-state index in [0.29, 0.717) is 25.2 Å². The van der Waals surface area contributed by atoms with Gasteiger partial charge in [0.25, 0.3) is 0 Å². The van der Waals surface area contributed by atoms with Gasteiger partial charge in [0.2, 0.25) is 0 Å². The summed E-state index contributed by atoms with van der Waals surface area (Å²) in [5.41, 5.74) is 3.35. The van der Waals surface area contributed by atoms with Gasteiger partial charge in [0.15, 0.2) is 0 Å². The number of benzene rings is 2. The number of aliphatic hydroxyl groups excluding tert-OH is 1. The van der Waals surface area contributed by atoms with Gasteiger partial charge in [-0.15, -0.1) is 0 Å². The van der Waals surface area contributed by atoms with Gasteiger partial charge < -0.3 is 14.9 Å². The molecule has 2 N–H and O–H groups in total. The summed E-state index contributed by atoms with van der Waals surface area (Å²) >= 11 is 0. The van der Waals surface area contributed by atoms with Gasteiger partial charge >= 0.3 is 0 Å². The summed E-state index contributed by atoms with van der Waals surface area (Å²) in [7, 11) is 1.73. The van der Waals surface area contributed by atoms with Crippen molar-refractivity contribution < 1.29 is 19.7 Å². The van der Waals surface area contributed by atoms with E-state index in [-0.39, 0.29) is 41.5 Å². The first-order valence-corrected chi connectivity index (χ1v) is 13.1. The Balaban J connectivity index is 1.44. The highest BCUT2D eigenvalue weighted by molar-refractivity contribution is 5.89. The molecule has 5 rings (SSSR count). The second kappa shape index (κ2) is 9.22. The number of methoxy groups -OCH3 is 1. The summed E-state index contributed by atoms with van der Waals surface area (Å²) < 4.78 is 6.10. The molecule has 0 heterocycles. The van der Waals surface area contributed by atoms with Crippen LogP contribution in [0.5, 0.6) is 5.75 Å². The van der Waals surface area contributed by atoms with E-state index >= 15 is 0 Å². The van der Waals surface area contributed by atoms with Crippen LogP contribution in [0.2, 0.25) is 0 Å². The van der Waals surface area contributed by atoms with E-state index in [0.717, 1.165) is 35.1 Å². The Morgan fingerprint density at radius 1 is 1.11 bits per heavy atom. The van der Waals surface area contributed by atoms with E-state index < -0.39 is 5.41 Å². The van der Waals surface area contributed by atoms with Gasteiger partial charge in [0.1, 0.15) is 11.5 Å². The number of Topliss-reactive ketones (excluding diaryl/α,β-unsaturated/α-hetero) is 1. The van der Waals surface area contributed by atoms with Crippen LogP contribution in [0.15, 0.2) is 60.7 Å². The molecule has 3 aliphatic rings. The Morgan fingerprint density at radius 3 is 2.46 bits per heavy atom. The third-order valence-corrected chi connectivity index (χ3v) is 9.80. The molecular formula is C31H38O4. The molecule has 3 aliphatic carbocycles. The van der Waals surface area contributed by atoms with Crippen molar-refractivity contribution in [1.29, 1.82) is 0 Å². The minimum absolute atomic E-state index is 0.0416. The molecule has 0 spiro atoms. The number of phenols is 1. The summed E-state index contributed by atoms with van der Waals surface area (Å²) in [5.74, 6) is 1.06. The Hall–Kier alpha value is -2.43. The molecule has 4 nitrogen and oxygen atoms in total. The standard InChI is InChI=1S/C31H38O4/c1-20-28-24(19-32)18-31(29(28)35-3,30(20,2)25-11-4-5-12-25)27(34)15-14-21-8-6-9-22(16-21)23-10-7-13-26(33)17-23/h6-10,13,16-17,24-25,28-29,32-33H,1,4-5,11-12,14-15,18-19H2,2-3H3/t24-,28-,29+,30-,31+/m1/s1. The van der Waals surface area contributed by atoms with Gasteiger partial charge in [-0.05, 0) is 66.3 Å². The van der Waals surface area contributed by atoms with Gasteiger partial charge in [-0.1, -0.05) is 68.3 Å². The van der Waals surface area contributed by atoms with Crippen LogP contribution in [0.3, 0.4) is 0 Å². The van der Waals surface area contributed by atoms with Crippen LogP contribution in [0, 0.1) is 28.6 Å². The highest BCUT2D eigenvalue weighted by Gasteiger charge is 2.74. The fourth-order valence-electron chi connectivity index (χ4n) is 8.11. The molecular weight excluding hydrogens is 436 g/mol. The predicted molar refractivity (Wildman–Crippen MR) is 138 cm³/mol. The van der Waals surface area contributed by atoms with Crippen LogP contribution < -0.4 is 0 Å². The number of aryl methyl sites for hydroxylation is 1. The summed E-state index contributed by atoms with van der Waals surface area (Å²) in [5, 5.41) is 20.1. The van der Waals surface area contributed by atoms with Crippen LogP contribution in [-0.2, 0) is 16.0 Å². The number of carbonyl (C=O) groups is 1. The lowest BCUT2D eigenvalue weighted by molar-refractivity contribution is -0.145. The number of phenolic OH excluding ortho intramolecular Hbond substituents is 1. The maximum atomic E-state index is 14.3. The van der Waals surface area contributed by atoms with Gasteiger partial charge in [0, 0.05) is 31.5 Å². The van der Waals surface area contributed by atoms with Crippen molar-refractivity contribution in [2.24, 2.45) is 28.6 Å². The molecule has 3 fully saturated rings. The molecule has 2 aromatic rings. The zero-order valence-electron chi connectivity index (χ0n) is 21.0. The highest BCUT2D eigenvalue weighted by atomic mass is 16.5. The van der Waals surface area contributed by atoms with Crippen molar-refractivity contribution in [3.8, 4) is 16.9 Å². The highest BCUT2D eigenvalue weighted by Crippen LogP contribution is 2.73. The van der Waals surface area contributed by atoms with Crippen LogP contribution in [0.25, 0.3) is 11.1 Å². The third-order valence-electron chi connectivity index (χ3n) is 9.80. The molecule has 0 saturated heterocycles. The number of aromatic hydroxyl groups is 1. The molecule has 5 atom stereocenters. The maximum absolute atomic E-state index is 14.3. The van der Waals surface area contributed by atoms with E-state index in [1.54, 1.807) is 19.2 Å². The summed E-state index contributed by atoms with van der Waals surface area (Å²) in [4.78, 5) is 14.3.